The molecule has 3 aliphatic heterocycles. The topological polar surface area (TPSA) is 22.5 Å². The van der Waals surface area contributed by atoms with Gasteiger partial charge in [-0.3, -0.25) is 0 Å². The van der Waals surface area contributed by atoms with Gasteiger partial charge in [-0.15, -0.1) is 4.68 Å². The van der Waals surface area contributed by atoms with Crippen LogP contribution in [0.3, 0.4) is 0 Å². The van der Waals surface area contributed by atoms with Crippen molar-refractivity contribution < 1.29 is 9.25 Å². The third-order valence-corrected chi connectivity index (χ3v) is 11.4. The highest BCUT2D eigenvalue weighted by molar-refractivity contribution is 6.13. The smallest absolute Gasteiger partial charge is 0.307 e. The molecule has 0 N–H and O–H groups in total. The Kier molecular flexibility index (Phi) is 3.84. The average molecular weight is 612 g/mol. The van der Waals surface area contributed by atoms with Gasteiger partial charge in [0.15, 0.2) is 5.69 Å². The molecule has 5 heteroatoms. The number of aromatic nitrogens is 5. The van der Waals surface area contributed by atoms with Crippen molar-refractivity contribution >= 4 is 54.5 Å². The molecule has 0 fully saturated rings. The number of pyridine rings is 1. The van der Waals surface area contributed by atoms with Crippen LogP contribution in [0.5, 0.6) is 0 Å². The minimum absolute atomic E-state index is 0.649. The molecular weight excluding hydrogens is 587 g/mol. The van der Waals surface area contributed by atoms with Crippen molar-refractivity contribution in [2.45, 2.75) is 5.66 Å². The van der Waals surface area contributed by atoms with Crippen LogP contribution in [-0.4, -0.2) is 13.8 Å². The summed E-state index contributed by atoms with van der Waals surface area (Å²) in [7, 11) is 0. The zero-order chi connectivity index (χ0) is 30.9. The summed E-state index contributed by atoms with van der Waals surface area (Å²) in [4.78, 5) is 0. The zero-order valence-electron chi connectivity index (χ0n) is 25.7. The lowest BCUT2D eigenvalue weighted by Crippen LogP contribution is -2.76. The predicted molar refractivity (Wildman–Crippen MR) is 189 cm³/mol. The molecule has 13 rings (SSSR count). The van der Waals surface area contributed by atoms with Gasteiger partial charge in [-0.25, -0.2) is 0 Å². The largest absolute Gasteiger partial charge is 0.394 e. The van der Waals surface area contributed by atoms with Gasteiger partial charge in [0, 0.05) is 16.2 Å². The molecule has 1 unspecified atom stereocenters. The van der Waals surface area contributed by atoms with Gasteiger partial charge >= 0.3 is 11.3 Å². The highest BCUT2D eigenvalue weighted by Gasteiger charge is 2.68. The Morgan fingerprint density at radius 2 is 1.23 bits per heavy atom. The fourth-order valence-corrected chi connectivity index (χ4v) is 9.62. The standard InChI is InChI=1S/C43H25N5/c1-2-10-27-23-28(19-18-26(27)9-1)29-24-45-36-21-20-32-30-11-3-5-14-34(30)47-37-16-7-17-38-39(37)43(46(45)25-29,40(36)41(32)47)44-22-8-13-33-31-12-4-6-15-35(31)48(38)42(33)44/h1-25H/q+2. The van der Waals surface area contributed by atoms with Crippen molar-refractivity contribution in [2.75, 3.05) is 0 Å². The number of benzene rings is 6. The normalized spacial score (nSPS) is 16.4. The number of rotatable bonds is 1. The molecule has 10 aromatic rings. The van der Waals surface area contributed by atoms with Crippen LogP contribution in [0.15, 0.2) is 152 Å². The maximum Gasteiger partial charge on any atom is 0.394 e. The van der Waals surface area contributed by atoms with Crippen molar-refractivity contribution in [1.29, 1.82) is 0 Å². The second kappa shape index (κ2) is 7.73. The molecule has 6 aromatic carbocycles. The number of fused-ring (bicyclic) bond motifs is 11. The third kappa shape index (κ3) is 2.40. The van der Waals surface area contributed by atoms with E-state index in [4.69, 9.17) is 0 Å². The van der Waals surface area contributed by atoms with E-state index < -0.39 is 5.66 Å². The molecule has 4 aromatic heterocycles. The Bertz CT molecular complexity index is 3120. The summed E-state index contributed by atoms with van der Waals surface area (Å²) in [6.07, 6.45) is 7.04. The Morgan fingerprint density at radius 3 is 2.10 bits per heavy atom. The Balaban J connectivity index is 1.27. The molecule has 0 saturated carbocycles. The van der Waals surface area contributed by atoms with Gasteiger partial charge < -0.3 is 4.57 Å². The van der Waals surface area contributed by atoms with Gasteiger partial charge in [0.25, 0.3) is 0 Å². The third-order valence-electron chi connectivity index (χ3n) is 11.4. The second-order valence-electron chi connectivity index (χ2n) is 13.5. The van der Waals surface area contributed by atoms with Crippen molar-refractivity contribution in [3.05, 3.63) is 163 Å². The molecule has 0 amide bonds. The molecule has 0 radical (unpaired) electrons. The van der Waals surface area contributed by atoms with Crippen LogP contribution >= 0.6 is 0 Å². The molecule has 0 aliphatic carbocycles. The quantitative estimate of drug-likeness (QED) is 0.167. The molecule has 0 saturated heterocycles. The monoisotopic (exact) mass is 611 g/mol. The second-order valence-corrected chi connectivity index (χ2v) is 13.5. The minimum Gasteiger partial charge on any atom is -0.307 e. The summed E-state index contributed by atoms with van der Waals surface area (Å²) >= 11 is 0. The molecule has 5 nitrogen and oxygen atoms in total. The first-order valence-electron chi connectivity index (χ1n) is 16.6. The molecule has 1 spiro atoms. The van der Waals surface area contributed by atoms with E-state index in [-0.39, 0.29) is 0 Å². The summed E-state index contributed by atoms with van der Waals surface area (Å²) in [5.74, 6) is 0. The van der Waals surface area contributed by atoms with Gasteiger partial charge in [-0.2, -0.15) is 9.13 Å². The maximum absolute atomic E-state index is 2.57. The Labute approximate surface area is 274 Å². The first kappa shape index (κ1) is 23.8. The number of hydrogen-bond acceptors (Lipinski definition) is 0. The molecule has 3 aliphatic rings. The highest BCUT2D eigenvalue weighted by atomic mass is 15.5. The van der Waals surface area contributed by atoms with E-state index in [0.29, 0.717) is 0 Å². The fourth-order valence-electron chi connectivity index (χ4n) is 9.62. The number of hydrogen-bond donors (Lipinski definition) is 0. The summed E-state index contributed by atoms with van der Waals surface area (Å²) in [6, 6.07) is 49.3. The molecule has 7 heterocycles. The van der Waals surface area contributed by atoms with E-state index in [1.54, 1.807) is 0 Å². The van der Waals surface area contributed by atoms with Crippen molar-refractivity contribution in [3.8, 4) is 28.2 Å². The van der Waals surface area contributed by atoms with Gasteiger partial charge in [0.05, 0.1) is 40.1 Å². The van der Waals surface area contributed by atoms with Crippen LogP contribution in [0.1, 0.15) is 11.1 Å². The van der Waals surface area contributed by atoms with Crippen molar-refractivity contribution in [2.24, 2.45) is 0 Å². The Hall–Kier alpha value is -6.46. The number of para-hydroxylation sites is 2. The SMILES string of the molecule is c1cc2c3c(c1)-n1c4ccccc4c4ccc[n+](c41)C31c3c(ccc4c5ccccc5n-2c34)-n2cc(-c3ccc4ccccc4c3)c[n+]21. The number of nitrogens with zero attached hydrogens (tertiary/aromatic N) is 5. The lowest BCUT2D eigenvalue weighted by Gasteiger charge is -2.33. The van der Waals surface area contributed by atoms with Crippen LogP contribution in [0, 0.1) is 0 Å². The lowest BCUT2D eigenvalue weighted by molar-refractivity contribution is -0.987. The Morgan fingerprint density at radius 1 is 0.500 bits per heavy atom. The predicted octanol–water partition coefficient (Wildman–Crippen LogP) is 8.30. The molecule has 1 atom stereocenters. The van der Waals surface area contributed by atoms with Crippen molar-refractivity contribution in [1.82, 2.24) is 13.8 Å². The van der Waals surface area contributed by atoms with E-state index in [1.165, 1.54) is 93.8 Å². The summed E-state index contributed by atoms with van der Waals surface area (Å²) in [6.45, 7) is 0. The average Bonchev–Trinajstić information content (AvgIpc) is 3.88. The zero-order valence-corrected chi connectivity index (χ0v) is 25.7. The first-order chi connectivity index (χ1) is 23.8. The lowest BCUT2D eigenvalue weighted by atomic mass is 9.83. The van der Waals surface area contributed by atoms with Crippen LogP contribution < -0.4 is 9.25 Å². The molecule has 48 heavy (non-hydrogen) atoms. The molecular formula is C43H25N5+2. The van der Waals surface area contributed by atoms with Crippen LogP contribution in [-0.2, 0) is 5.66 Å². The molecule has 220 valence electrons. The van der Waals surface area contributed by atoms with Crippen LogP contribution in [0.2, 0.25) is 0 Å². The maximum atomic E-state index is 2.57. The van der Waals surface area contributed by atoms with E-state index in [2.05, 4.69) is 175 Å². The molecule has 0 bridgehead atoms. The summed E-state index contributed by atoms with van der Waals surface area (Å²) in [5.41, 5.74) is 13.0. The van der Waals surface area contributed by atoms with Gasteiger partial charge in [-0.05, 0) is 77.0 Å². The van der Waals surface area contributed by atoms with E-state index >= 15 is 0 Å². The van der Waals surface area contributed by atoms with Gasteiger partial charge in [-0.1, -0.05) is 77.5 Å². The van der Waals surface area contributed by atoms with Crippen molar-refractivity contribution in [3.63, 3.8) is 0 Å². The van der Waals surface area contributed by atoms with Gasteiger partial charge in [0.1, 0.15) is 22.3 Å². The summed E-state index contributed by atoms with van der Waals surface area (Å²) in [5, 5.41) is 7.62. The van der Waals surface area contributed by atoms with Crippen LogP contribution in [0.25, 0.3) is 82.7 Å². The fraction of sp³-hybridized carbons (Fsp3) is 0.0233. The van der Waals surface area contributed by atoms with E-state index in [0.717, 1.165) is 0 Å². The van der Waals surface area contributed by atoms with E-state index in [1.807, 2.05) is 0 Å². The highest BCUT2D eigenvalue weighted by Crippen LogP contribution is 2.53. The van der Waals surface area contributed by atoms with Crippen LogP contribution in [0.4, 0.5) is 0 Å². The first-order valence-corrected chi connectivity index (χ1v) is 16.6. The van der Waals surface area contributed by atoms with E-state index in [9.17, 15) is 0 Å². The summed E-state index contributed by atoms with van der Waals surface area (Å²) < 4.78 is 12.5. The van der Waals surface area contributed by atoms with Gasteiger partial charge in [0.2, 0.25) is 6.20 Å². The minimum atomic E-state index is -0.649.